The summed E-state index contributed by atoms with van der Waals surface area (Å²) in [6.07, 6.45) is 2.59. The Morgan fingerprint density at radius 2 is 2.21 bits per heavy atom. The smallest absolute Gasteiger partial charge is 0.320 e. The Hall–Kier alpha value is -1.55. The highest BCUT2D eigenvalue weighted by Gasteiger charge is 2.15. The van der Waals surface area contributed by atoms with Gasteiger partial charge in [0, 0.05) is 6.54 Å². The number of hydrogen-bond donors (Lipinski definition) is 2. The van der Waals surface area contributed by atoms with Crippen LogP contribution >= 0.6 is 0 Å². The van der Waals surface area contributed by atoms with Crippen LogP contribution in [-0.4, -0.2) is 23.7 Å². The molecule has 0 aliphatic heterocycles. The summed E-state index contributed by atoms with van der Waals surface area (Å²) in [7, 11) is 0. The molecule has 0 aliphatic carbocycles. The molecule has 1 atom stereocenters. The topological polar surface area (TPSA) is 58.6 Å². The molecule has 0 spiro atoms. The summed E-state index contributed by atoms with van der Waals surface area (Å²) in [6.45, 7) is 5.17. The standard InChI is InChI=1S/C15H23NO3/c1-3-5-9-14(15(17)18)16-11-12-7-6-8-13(10-12)19-4-2/h6-8,10,14,16H,3-5,9,11H2,1-2H3,(H,17,18). The van der Waals surface area contributed by atoms with Gasteiger partial charge in [-0.1, -0.05) is 31.9 Å². The summed E-state index contributed by atoms with van der Waals surface area (Å²) in [5.74, 6) is 0.0386. The number of benzene rings is 1. The Bertz CT molecular complexity index is 393. The second-order valence-electron chi connectivity index (χ2n) is 4.49. The molecule has 0 radical (unpaired) electrons. The molecule has 0 bridgehead atoms. The summed E-state index contributed by atoms with van der Waals surface area (Å²) in [6, 6.07) is 7.25. The molecule has 19 heavy (non-hydrogen) atoms. The van der Waals surface area contributed by atoms with Crippen molar-refractivity contribution in [1.82, 2.24) is 5.32 Å². The molecule has 0 saturated heterocycles. The monoisotopic (exact) mass is 265 g/mol. The van der Waals surface area contributed by atoms with E-state index in [1.54, 1.807) is 0 Å². The Kier molecular flexibility index (Phi) is 6.97. The van der Waals surface area contributed by atoms with Crippen LogP contribution in [-0.2, 0) is 11.3 Å². The second kappa shape index (κ2) is 8.53. The third-order valence-corrected chi connectivity index (χ3v) is 2.91. The van der Waals surface area contributed by atoms with Crippen molar-refractivity contribution in [2.75, 3.05) is 6.61 Å². The third kappa shape index (κ3) is 5.75. The van der Waals surface area contributed by atoms with Crippen molar-refractivity contribution in [2.45, 2.75) is 45.7 Å². The van der Waals surface area contributed by atoms with Crippen molar-refractivity contribution in [1.29, 1.82) is 0 Å². The van der Waals surface area contributed by atoms with Gasteiger partial charge >= 0.3 is 5.97 Å². The normalized spacial score (nSPS) is 12.1. The fraction of sp³-hybridized carbons (Fsp3) is 0.533. The van der Waals surface area contributed by atoms with Gasteiger partial charge in [0.1, 0.15) is 11.8 Å². The van der Waals surface area contributed by atoms with Gasteiger partial charge in [-0.15, -0.1) is 0 Å². The summed E-state index contributed by atoms with van der Waals surface area (Å²) in [5, 5.41) is 12.2. The summed E-state index contributed by atoms with van der Waals surface area (Å²) in [5.41, 5.74) is 1.04. The maximum atomic E-state index is 11.1. The van der Waals surface area contributed by atoms with Crippen molar-refractivity contribution < 1.29 is 14.6 Å². The molecule has 1 aromatic carbocycles. The van der Waals surface area contributed by atoms with Crippen molar-refractivity contribution >= 4 is 5.97 Å². The molecule has 0 amide bonds. The number of hydrogen-bond acceptors (Lipinski definition) is 3. The van der Waals surface area contributed by atoms with Gasteiger partial charge in [-0.2, -0.15) is 0 Å². The molecule has 1 rings (SSSR count). The van der Waals surface area contributed by atoms with Crippen LogP contribution in [0.25, 0.3) is 0 Å². The lowest BCUT2D eigenvalue weighted by molar-refractivity contribution is -0.139. The minimum Gasteiger partial charge on any atom is -0.494 e. The van der Waals surface area contributed by atoms with Gasteiger partial charge in [-0.25, -0.2) is 0 Å². The minimum absolute atomic E-state index is 0.476. The number of aliphatic carboxylic acids is 1. The lowest BCUT2D eigenvalue weighted by Crippen LogP contribution is -2.36. The zero-order valence-electron chi connectivity index (χ0n) is 11.7. The fourth-order valence-corrected chi connectivity index (χ4v) is 1.87. The number of ether oxygens (including phenoxy) is 1. The first kappa shape index (κ1) is 15.5. The third-order valence-electron chi connectivity index (χ3n) is 2.91. The van der Waals surface area contributed by atoms with Crippen LogP contribution in [0.5, 0.6) is 5.75 Å². The minimum atomic E-state index is -0.783. The Balaban J connectivity index is 2.53. The SMILES string of the molecule is CCCCC(NCc1cccc(OCC)c1)C(=O)O. The molecule has 106 valence electrons. The maximum Gasteiger partial charge on any atom is 0.320 e. The quantitative estimate of drug-likeness (QED) is 0.721. The molecule has 1 aromatic rings. The summed E-state index contributed by atoms with van der Waals surface area (Å²) in [4.78, 5) is 11.1. The number of rotatable bonds is 9. The van der Waals surface area contributed by atoms with Gasteiger partial charge < -0.3 is 15.2 Å². The predicted molar refractivity (Wildman–Crippen MR) is 75.4 cm³/mol. The molecular weight excluding hydrogens is 242 g/mol. The predicted octanol–water partition coefficient (Wildman–Crippen LogP) is 2.82. The molecule has 2 N–H and O–H groups in total. The molecule has 0 aromatic heterocycles. The molecular formula is C15H23NO3. The molecule has 0 heterocycles. The van der Waals surface area contributed by atoms with Gasteiger partial charge in [0.25, 0.3) is 0 Å². The first-order chi connectivity index (χ1) is 9.17. The van der Waals surface area contributed by atoms with Gasteiger partial charge in [0.15, 0.2) is 0 Å². The van der Waals surface area contributed by atoms with E-state index in [-0.39, 0.29) is 0 Å². The maximum absolute atomic E-state index is 11.1. The average Bonchev–Trinajstić information content (AvgIpc) is 2.39. The summed E-state index contributed by atoms with van der Waals surface area (Å²) >= 11 is 0. The van der Waals surface area contributed by atoms with Crippen molar-refractivity contribution in [3.05, 3.63) is 29.8 Å². The number of carbonyl (C=O) groups is 1. The van der Waals surface area contributed by atoms with Crippen LogP contribution in [0.4, 0.5) is 0 Å². The van der Waals surface area contributed by atoms with E-state index >= 15 is 0 Å². The van der Waals surface area contributed by atoms with Crippen LogP contribution in [0.3, 0.4) is 0 Å². The van der Waals surface area contributed by atoms with E-state index in [2.05, 4.69) is 12.2 Å². The van der Waals surface area contributed by atoms with Crippen LogP contribution in [0, 0.1) is 0 Å². The van der Waals surface area contributed by atoms with E-state index in [4.69, 9.17) is 9.84 Å². The van der Waals surface area contributed by atoms with E-state index < -0.39 is 12.0 Å². The average molecular weight is 265 g/mol. The first-order valence-electron chi connectivity index (χ1n) is 6.85. The van der Waals surface area contributed by atoms with Gasteiger partial charge in [0.2, 0.25) is 0 Å². The highest BCUT2D eigenvalue weighted by Crippen LogP contribution is 2.13. The number of carboxylic acids is 1. The number of carboxylic acid groups (broad SMARTS) is 1. The Labute approximate surface area is 114 Å². The van der Waals surface area contributed by atoms with E-state index in [0.717, 1.165) is 24.2 Å². The van der Waals surface area contributed by atoms with E-state index in [1.807, 2.05) is 31.2 Å². The summed E-state index contributed by atoms with van der Waals surface area (Å²) < 4.78 is 5.42. The molecule has 4 heteroatoms. The van der Waals surface area contributed by atoms with Crippen molar-refractivity contribution in [3.8, 4) is 5.75 Å². The van der Waals surface area contributed by atoms with Crippen molar-refractivity contribution in [2.24, 2.45) is 0 Å². The lowest BCUT2D eigenvalue weighted by Gasteiger charge is -2.14. The van der Waals surface area contributed by atoms with Gasteiger partial charge in [0.05, 0.1) is 6.61 Å². The van der Waals surface area contributed by atoms with E-state index in [0.29, 0.717) is 19.6 Å². The van der Waals surface area contributed by atoms with E-state index in [9.17, 15) is 4.79 Å². The second-order valence-corrected chi connectivity index (χ2v) is 4.49. The van der Waals surface area contributed by atoms with Gasteiger partial charge in [-0.3, -0.25) is 4.79 Å². The molecule has 0 aliphatic rings. The Morgan fingerprint density at radius 3 is 2.84 bits per heavy atom. The number of unbranched alkanes of at least 4 members (excludes halogenated alkanes) is 1. The lowest BCUT2D eigenvalue weighted by atomic mass is 10.1. The van der Waals surface area contributed by atoms with Crippen LogP contribution in [0.15, 0.2) is 24.3 Å². The van der Waals surface area contributed by atoms with Gasteiger partial charge in [-0.05, 0) is 31.0 Å². The fourth-order valence-electron chi connectivity index (χ4n) is 1.87. The molecule has 0 saturated carbocycles. The highest BCUT2D eigenvalue weighted by atomic mass is 16.5. The van der Waals surface area contributed by atoms with Crippen LogP contribution in [0.1, 0.15) is 38.7 Å². The van der Waals surface area contributed by atoms with Crippen LogP contribution in [0.2, 0.25) is 0 Å². The number of nitrogens with one attached hydrogen (secondary N) is 1. The molecule has 0 fully saturated rings. The van der Waals surface area contributed by atoms with E-state index in [1.165, 1.54) is 0 Å². The molecule has 4 nitrogen and oxygen atoms in total. The van der Waals surface area contributed by atoms with Crippen molar-refractivity contribution in [3.63, 3.8) is 0 Å². The largest absolute Gasteiger partial charge is 0.494 e. The Morgan fingerprint density at radius 1 is 1.42 bits per heavy atom. The zero-order chi connectivity index (χ0) is 14.1. The highest BCUT2D eigenvalue weighted by molar-refractivity contribution is 5.73. The van der Waals surface area contributed by atoms with Crippen LogP contribution < -0.4 is 10.1 Å². The first-order valence-corrected chi connectivity index (χ1v) is 6.85. The zero-order valence-corrected chi connectivity index (χ0v) is 11.7. The molecule has 1 unspecified atom stereocenters.